The smallest absolute Gasteiger partial charge is 0.240 e. The number of hydrogen-bond acceptors (Lipinski definition) is 4. The number of nitriles is 1. The summed E-state index contributed by atoms with van der Waals surface area (Å²) in [4.78, 5) is 16.2. The van der Waals surface area contributed by atoms with Gasteiger partial charge in [0.25, 0.3) is 0 Å². The van der Waals surface area contributed by atoms with Crippen molar-refractivity contribution in [1.82, 2.24) is 28.7 Å². The zero-order valence-electron chi connectivity index (χ0n) is 31.9. The molecule has 7 aromatic carbocycles. The van der Waals surface area contributed by atoms with Crippen LogP contribution in [0.25, 0.3) is 94.4 Å². The molecule has 4 aromatic heterocycles. The summed E-state index contributed by atoms with van der Waals surface area (Å²) in [5, 5.41) is 17.2. The molecule has 0 N–H and O–H groups in total. The van der Waals surface area contributed by atoms with E-state index in [0.29, 0.717) is 23.3 Å². The molecule has 7 heteroatoms. The molecule has 0 bridgehead atoms. The van der Waals surface area contributed by atoms with E-state index < -0.39 is 0 Å². The fourth-order valence-electron chi connectivity index (χ4n) is 8.77. The minimum atomic E-state index is 0.465. The van der Waals surface area contributed by atoms with E-state index in [1.165, 1.54) is 22.3 Å². The van der Waals surface area contributed by atoms with Gasteiger partial charge in [-0.2, -0.15) is 20.2 Å². The van der Waals surface area contributed by atoms with Crippen LogP contribution in [0.3, 0.4) is 0 Å². The summed E-state index contributed by atoms with van der Waals surface area (Å²) in [6, 6.07) is 51.3. The predicted octanol–water partition coefficient (Wildman–Crippen LogP) is 11.9. The summed E-state index contributed by atoms with van der Waals surface area (Å²) in [6.45, 7) is 8.51. The summed E-state index contributed by atoms with van der Waals surface area (Å²) >= 11 is 0. The molecule has 11 rings (SSSR count). The number of hydrogen-bond donors (Lipinski definition) is 0. The first-order chi connectivity index (χ1) is 27.8. The molecule has 0 spiro atoms. The van der Waals surface area contributed by atoms with Crippen LogP contribution in [0.2, 0.25) is 0 Å². The van der Waals surface area contributed by atoms with Gasteiger partial charge in [-0.15, -0.1) is 0 Å². The fraction of sp³-hybridized carbons (Fsp3) is 0.0800. The molecule has 0 radical (unpaired) electrons. The lowest BCUT2D eigenvalue weighted by Gasteiger charge is -2.16. The highest BCUT2D eigenvalue weighted by Crippen LogP contribution is 2.39. The quantitative estimate of drug-likeness (QED) is 0.180. The van der Waals surface area contributed by atoms with Gasteiger partial charge in [0.05, 0.1) is 50.4 Å². The fourth-order valence-corrected chi connectivity index (χ4v) is 8.77. The Kier molecular flexibility index (Phi) is 7.04. The van der Waals surface area contributed by atoms with Crippen molar-refractivity contribution in [2.75, 3.05) is 0 Å². The molecule has 4 heterocycles. The van der Waals surface area contributed by atoms with Crippen LogP contribution in [0.5, 0.6) is 0 Å². The van der Waals surface area contributed by atoms with Crippen LogP contribution in [0.15, 0.2) is 140 Å². The second kappa shape index (κ2) is 12.2. The molecule has 0 aliphatic rings. The number of aryl methyl sites for hydroxylation is 4. The zero-order valence-corrected chi connectivity index (χ0v) is 31.9. The summed E-state index contributed by atoms with van der Waals surface area (Å²) < 4.78 is 6.59. The Morgan fingerprint density at radius 2 is 0.807 bits per heavy atom. The van der Waals surface area contributed by atoms with Crippen molar-refractivity contribution in [3.05, 3.63) is 167 Å². The Balaban J connectivity index is 1.29. The molecule has 0 fully saturated rings. The molecule has 7 nitrogen and oxygen atoms in total. The van der Waals surface area contributed by atoms with Crippen molar-refractivity contribution in [1.29, 1.82) is 5.26 Å². The molecule has 0 aliphatic carbocycles. The van der Waals surface area contributed by atoms with Gasteiger partial charge in [0, 0.05) is 37.9 Å². The Morgan fingerprint density at radius 1 is 0.404 bits per heavy atom. The van der Waals surface area contributed by atoms with Crippen molar-refractivity contribution < 1.29 is 0 Å². The number of benzene rings is 7. The zero-order chi connectivity index (χ0) is 38.5. The SMILES string of the molecule is Cc1ccc2c(c1)c1cc(C)ccc1n2-c1nc(-c2cc(C#N)ccc2-n2c3ccccc3c3ccccc32)nc(-n2c3ccc(C)cc3c3cc(C)ccc32)n1. The number of aromatic nitrogens is 6. The van der Waals surface area contributed by atoms with Gasteiger partial charge in [0.2, 0.25) is 11.9 Å². The van der Waals surface area contributed by atoms with E-state index in [9.17, 15) is 5.26 Å². The van der Waals surface area contributed by atoms with E-state index in [2.05, 4.69) is 169 Å². The van der Waals surface area contributed by atoms with E-state index in [1.807, 2.05) is 18.2 Å². The van der Waals surface area contributed by atoms with Gasteiger partial charge < -0.3 is 4.57 Å². The van der Waals surface area contributed by atoms with E-state index in [1.54, 1.807) is 0 Å². The predicted molar refractivity (Wildman–Crippen MR) is 232 cm³/mol. The van der Waals surface area contributed by atoms with E-state index in [4.69, 9.17) is 15.0 Å². The number of fused-ring (bicyclic) bond motifs is 9. The van der Waals surface area contributed by atoms with Crippen molar-refractivity contribution in [3.63, 3.8) is 0 Å². The average molecular weight is 734 g/mol. The maximum atomic E-state index is 10.3. The highest BCUT2D eigenvalue weighted by Gasteiger charge is 2.24. The third-order valence-electron chi connectivity index (χ3n) is 11.4. The first kappa shape index (κ1) is 32.8. The van der Waals surface area contributed by atoms with Crippen LogP contribution in [0.4, 0.5) is 0 Å². The van der Waals surface area contributed by atoms with Crippen molar-refractivity contribution in [2.45, 2.75) is 27.7 Å². The molecule has 0 amide bonds. The Labute approximate surface area is 328 Å². The van der Waals surface area contributed by atoms with Gasteiger partial charge in [-0.1, -0.05) is 82.9 Å². The molecule has 0 aliphatic heterocycles. The summed E-state index contributed by atoms with van der Waals surface area (Å²) in [6.07, 6.45) is 0. The van der Waals surface area contributed by atoms with Gasteiger partial charge in [0.15, 0.2) is 5.82 Å². The summed E-state index contributed by atoms with van der Waals surface area (Å²) in [5.74, 6) is 1.45. The van der Waals surface area contributed by atoms with Gasteiger partial charge in [-0.3, -0.25) is 9.13 Å². The molecular weight excluding hydrogens is 699 g/mol. The number of para-hydroxylation sites is 2. The largest absolute Gasteiger partial charge is 0.309 e. The number of rotatable bonds is 4. The Hall–Kier alpha value is -7.56. The molecule has 0 atom stereocenters. The van der Waals surface area contributed by atoms with Gasteiger partial charge in [-0.05, 0) is 107 Å². The molecule has 11 aromatic rings. The third-order valence-corrected chi connectivity index (χ3v) is 11.4. The van der Waals surface area contributed by atoms with Crippen molar-refractivity contribution in [2.24, 2.45) is 0 Å². The van der Waals surface area contributed by atoms with Crippen LogP contribution in [-0.2, 0) is 0 Å². The summed E-state index contributed by atoms with van der Waals surface area (Å²) in [7, 11) is 0. The minimum Gasteiger partial charge on any atom is -0.309 e. The van der Waals surface area contributed by atoms with Crippen LogP contribution in [-0.4, -0.2) is 28.7 Å². The van der Waals surface area contributed by atoms with Crippen LogP contribution >= 0.6 is 0 Å². The molecule has 0 unspecified atom stereocenters. The van der Waals surface area contributed by atoms with Crippen LogP contribution < -0.4 is 0 Å². The molecule has 0 saturated carbocycles. The highest BCUT2D eigenvalue weighted by molar-refractivity contribution is 6.11. The molecule has 0 saturated heterocycles. The lowest BCUT2D eigenvalue weighted by Crippen LogP contribution is -2.11. The lowest BCUT2D eigenvalue weighted by molar-refractivity contribution is 0.891. The standard InChI is InChI=1S/C50H35N7/c1-29-13-18-43-36(23-29)37-24-30(2)14-19-44(37)56(43)49-52-48(53-50(54-49)57-45-20-15-31(3)25-38(45)39-26-32(4)16-21-46(39)57)40-27-33(28-51)17-22-47(40)55-41-11-7-5-9-34(41)35-10-6-8-12-42(35)55/h5-27H,1-4H3. The second-order valence-electron chi connectivity index (χ2n) is 15.2. The average Bonchev–Trinajstić information content (AvgIpc) is 3.85. The Morgan fingerprint density at radius 3 is 1.23 bits per heavy atom. The lowest BCUT2D eigenvalue weighted by atomic mass is 10.1. The van der Waals surface area contributed by atoms with Gasteiger partial charge >= 0.3 is 0 Å². The van der Waals surface area contributed by atoms with E-state index in [0.717, 1.165) is 76.7 Å². The topological polar surface area (TPSA) is 77.2 Å². The normalized spacial score (nSPS) is 11.8. The Bertz CT molecular complexity index is 3220. The van der Waals surface area contributed by atoms with Crippen LogP contribution in [0, 0.1) is 39.0 Å². The second-order valence-corrected chi connectivity index (χ2v) is 15.2. The molecule has 270 valence electrons. The number of nitrogens with zero attached hydrogens (tertiary/aromatic N) is 7. The van der Waals surface area contributed by atoms with E-state index in [-0.39, 0.29) is 0 Å². The maximum Gasteiger partial charge on any atom is 0.240 e. The minimum absolute atomic E-state index is 0.465. The summed E-state index contributed by atoms with van der Waals surface area (Å²) in [5.41, 5.74) is 13.0. The first-order valence-corrected chi connectivity index (χ1v) is 19.2. The van der Waals surface area contributed by atoms with E-state index >= 15 is 0 Å². The van der Waals surface area contributed by atoms with Gasteiger partial charge in [-0.25, -0.2) is 0 Å². The van der Waals surface area contributed by atoms with Gasteiger partial charge in [0.1, 0.15) is 0 Å². The highest BCUT2D eigenvalue weighted by atomic mass is 15.3. The first-order valence-electron chi connectivity index (χ1n) is 19.2. The maximum absolute atomic E-state index is 10.3. The molecular formula is C50H35N7. The molecule has 57 heavy (non-hydrogen) atoms. The monoisotopic (exact) mass is 733 g/mol. The van der Waals surface area contributed by atoms with Crippen LogP contribution in [0.1, 0.15) is 27.8 Å². The van der Waals surface area contributed by atoms with Crippen molar-refractivity contribution >= 4 is 65.4 Å². The third kappa shape index (κ3) is 4.94. The van der Waals surface area contributed by atoms with Crippen molar-refractivity contribution in [3.8, 4) is 35.0 Å².